The molecule has 1 atom stereocenters. The molecule has 0 fully saturated rings. The fourth-order valence-electron chi connectivity index (χ4n) is 1.83. The number of thioether (sulfide) groups is 1. The molecule has 98 valence electrons. The number of hydrogen-bond donors (Lipinski definition) is 1. The minimum absolute atomic E-state index is 0.0273. The van der Waals surface area contributed by atoms with Crippen molar-refractivity contribution in [3.63, 3.8) is 0 Å². The van der Waals surface area contributed by atoms with Gasteiger partial charge in [0.1, 0.15) is 13.2 Å². The van der Waals surface area contributed by atoms with Gasteiger partial charge in [0.25, 0.3) is 0 Å². The summed E-state index contributed by atoms with van der Waals surface area (Å²) in [5.74, 6) is 2.05. The van der Waals surface area contributed by atoms with Crippen molar-refractivity contribution in [1.29, 1.82) is 0 Å². The molecule has 1 aromatic carbocycles. The number of ether oxygens (including phenoxy) is 2. The fraction of sp³-hybridized carbons (Fsp3) is 0.462. The first-order chi connectivity index (χ1) is 8.70. The third-order valence-corrected chi connectivity index (χ3v) is 3.27. The van der Waals surface area contributed by atoms with Gasteiger partial charge in [0, 0.05) is 0 Å². The van der Waals surface area contributed by atoms with Crippen molar-refractivity contribution in [2.24, 2.45) is 0 Å². The Bertz CT molecular complexity index is 436. The molecule has 1 aliphatic rings. The average molecular weight is 267 g/mol. The predicted molar refractivity (Wildman–Crippen MR) is 72.4 cm³/mol. The number of nitrogens with one attached hydrogen (secondary N) is 1. The van der Waals surface area contributed by atoms with Crippen LogP contribution in [-0.2, 0) is 4.79 Å². The van der Waals surface area contributed by atoms with E-state index in [1.54, 1.807) is 0 Å². The van der Waals surface area contributed by atoms with Gasteiger partial charge < -0.3 is 14.8 Å². The van der Waals surface area contributed by atoms with Crippen LogP contribution in [0.25, 0.3) is 0 Å². The van der Waals surface area contributed by atoms with E-state index in [2.05, 4.69) is 5.32 Å². The van der Waals surface area contributed by atoms with Gasteiger partial charge in [-0.1, -0.05) is 6.07 Å². The van der Waals surface area contributed by atoms with Crippen LogP contribution in [0.1, 0.15) is 18.5 Å². The summed E-state index contributed by atoms with van der Waals surface area (Å²) >= 11 is 1.51. The van der Waals surface area contributed by atoms with E-state index in [9.17, 15) is 4.79 Å². The molecule has 1 N–H and O–H groups in total. The van der Waals surface area contributed by atoms with Gasteiger partial charge in [0.2, 0.25) is 5.91 Å². The molecule has 18 heavy (non-hydrogen) atoms. The molecule has 1 heterocycles. The van der Waals surface area contributed by atoms with E-state index in [0.29, 0.717) is 19.0 Å². The van der Waals surface area contributed by atoms with Crippen molar-refractivity contribution in [3.8, 4) is 11.5 Å². The first kappa shape index (κ1) is 13.1. The van der Waals surface area contributed by atoms with E-state index in [-0.39, 0.29) is 11.9 Å². The van der Waals surface area contributed by atoms with Crippen LogP contribution in [-0.4, -0.2) is 31.1 Å². The van der Waals surface area contributed by atoms with Crippen LogP contribution in [0.5, 0.6) is 11.5 Å². The van der Waals surface area contributed by atoms with Gasteiger partial charge in [-0.2, -0.15) is 11.8 Å². The second kappa shape index (κ2) is 6.00. The molecule has 1 unspecified atom stereocenters. The van der Waals surface area contributed by atoms with Gasteiger partial charge in [0.15, 0.2) is 11.5 Å². The Morgan fingerprint density at radius 1 is 1.39 bits per heavy atom. The van der Waals surface area contributed by atoms with Crippen molar-refractivity contribution in [2.45, 2.75) is 13.0 Å². The summed E-state index contributed by atoms with van der Waals surface area (Å²) in [5, 5.41) is 2.95. The lowest BCUT2D eigenvalue weighted by Gasteiger charge is -2.21. The first-order valence-electron chi connectivity index (χ1n) is 5.88. The molecule has 1 aliphatic heterocycles. The minimum Gasteiger partial charge on any atom is -0.486 e. The third kappa shape index (κ3) is 3.10. The highest BCUT2D eigenvalue weighted by Crippen LogP contribution is 2.32. The monoisotopic (exact) mass is 267 g/mol. The molecule has 0 aromatic heterocycles. The standard InChI is InChI=1S/C13H17NO3S/c1-9(14-13(15)8-18-2)10-3-4-11-12(7-10)17-6-5-16-11/h3-4,7,9H,5-6,8H2,1-2H3,(H,14,15). The Hall–Kier alpha value is -1.36. The topological polar surface area (TPSA) is 47.6 Å². The zero-order valence-corrected chi connectivity index (χ0v) is 11.4. The molecule has 4 nitrogen and oxygen atoms in total. The summed E-state index contributed by atoms with van der Waals surface area (Å²) in [4.78, 5) is 11.5. The van der Waals surface area contributed by atoms with Crippen LogP contribution in [0.15, 0.2) is 18.2 Å². The van der Waals surface area contributed by atoms with Gasteiger partial charge in [0.05, 0.1) is 11.8 Å². The van der Waals surface area contributed by atoms with Gasteiger partial charge in [-0.15, -0.1) is 0 Å². The third-order valence-electron chi connectivity index (χ3n) is 2.72. The highest BCUT2D eigenvalue weighted by molar-refractivity contribution is 7.99. The van der Waals surface area contributed by atoms with Crippen molar-refractivity contribution < 1.29 is 14.3 Å². The van der Waals surface area contributed by atoms with E-state index < -0.39 is 0 Å². The molecule has 1 aromatic rings. The lowest BCUT2D eigenvalue weighted by molar-refractivity contribution is -0.119. The lowest BCUT2D eigenvalue weighted by atomic mass is 10.1. The number of amides is 1. The summed E-state index contributed by atoms with van der Waals surface area (Å²) in [7, 11) is 0. The summed E-state index contributed by atoms with van der Waals surface area (Å²) in [6.07, 6.45) is 1.91. The zero-order valence-electron chi connectivity index (χ0n) is 10.6. The van der Waals surface area contributed by atoms with Crippen LogP contribution in [0.3, 0.4) is 0 Å². The molecule has 0 radical (unpaired) electrons. The SMILES string of the molecule is CSCC(=O)NC(C)c1ccc2c(c1)OCCO2. The van der Waals surface area contributed by atoms with Crippen LogP contribution < -0.4 is 14.8 Å². The smallest absolute Gasteiger partial charge is 0.230 e. The maximum Gasteiger partial charge on any atom is 0.230 e. The van der Waals surface area contributed by atoms with Crippen molar-refractivity contribution in [1.82, 2.24) is 5.32 Å². The Morgan fingerprint density at radius 3 is 2.83 bits per heavy atom. The Balaban J connectivity index is 2.06. The van der Waals surface area contributed by atoms with E-state index in [0.717, 1.165) is 17.1 Å². The van der Waals surface area contributed by atoms with Crippen LogP contribution >= 0.6 is 11.8 Å². The van der Waals surface area contributed by atoms with Gasteiger partial charge in [-0.05, 0) is 30.9 Å². The molecule has 0 bridgehead atoms. The van der Waals surface area contributed by atoms with Crippen LogP contribution in [0, 0.1) is 0 Å². The summed E-state index contributed by atoms with van der Waals surface area (Å²) < 4.78 is 11.0. The number of rotatable bonds is 4. The van der Waals surface area contributed by atoms with Crippen molar-refractivity contribution in [2.75, 3.05) is 25.2 Å². The van der Waals surface area contributed by atoms with Crippen molar-refractivity contribution in [3.05, 3.63) is 23.8 Å². The van der Waals surface area contributed by atoms with E-state index in [1.807, 2.05) is 31.4 Å². The van der Waals surface area contributed by atoms with E-state index in [1.165, 1.54) is 11.8 Å². The second-order valence-corrected chi connectivity index (χ2v) is 4.99. The number of hydrogen-bond acceptors (Lipinski definition) is 4. The summed E-state index contributed by atoms with van der Waals surface area (Å²) in [6, 6.07) is 5.75. The van der Waals surface area contributed by atoms with Crippen molar-refractivity contribution >= 4 is 17.7 Å². The van der Waals surface area contributed by atoms with Gasteiger partial charge >= 0.3 is 0 Å². The van der Waals surface area contributed by atoms with Gasteiger partial charge in [-0.25, -0.2) is 0 Å². The van der Waals surface area contributed by atoms with Crippen LogP contribution in [0.4, 0.5) is 0 Å². The van der Waals surface area contributed by atoms with E-state index in [4.69, 9.17) is 9.47 Å². The van der Waals surface area contributed by atoms with Crippen LogP contribution in [0.2, 0.25) is 0 Å². The maximum atomic E-state index is 11.5. The number of benzene rings is 1. The molecular weight excluding hydrogens is 250 g/mol. The predicted octanol–water partition coefficient (Wildman–Crippen LogP) is 2.00. The molecule has 5 heteroatoms. The molecule has 1 amide bonds. The second-order valence-electron chi connectivity index (χ2n) is 4.13. The zero-order chi connectivity index (χ0) is 13.0. The maximum absolute atomic E-state index is 11.5. The quantitative estimate of drug-likeness (QED) is 0.906. The number of fused-ring (bicyclic) bond motifs is 1. The molecule has 2 rings (SSSR count). The Labute approximate surface area is 111 Å². The Kier molecular flexibility index (Phi) is 4.36. The first-order valence-corrected chi connectivity index (χ1v) is 7.28. The fourth-order valence-corrected chi connectivity index (χ4v) is 2.17. The minimum atomic E-state index is -0.0273. The van der Waals surface area contributed by atoms with Gasteiger partial charge in [-0.3, -0.25) is 4.79 Å². The summed E-state index contributed by atoms with van der Waals surface area (Å²) in [6.45, 7) is 3.12. The molecule has 0 spiro atoms. The largest absolute Gasteiger partial charge is 0.486 e. The highest BCUT2D eigenvalue weighted by Gasteiger charge is 2.15. The number of carbonyl (C=O) groups excluding carboxylic acids is 1. The Morgan fingerprint density at radius 2 is 2.11 bits per heavy atom. The molecular formula is C13H17NO3S. The number of carbonyl (C=O) groups is 1. The molecule has 0 saturated heterocycles. The molecule has 0 saturated carbocycles. The average Bonchev–Trinajstić information content (AvgIpc) is 2.38. The van der Waals surface area contributed by atoms with E-state index >= 15 is 0 Å². The lowest BCUT2D eigenvalue weighted by Crippen LogP contribution is -2.28. The molecule has 0 aliphatic carbocycles. The normalized spacial score (nSPS) is 15.0. The highest BCUT2D eigenvalue weighted by atomic mass is 32.2. The summed E-state index contributed by atoms with van der Waals surface area (Å²) in [5.41, 5.74) is 1.02.